The summed E-state index contributed by atoms with van der Waals surface area (Å²) in [6, 6.07) is 2.48. The van der Waals surface area contributed by atoms with E-state index in [1.807, 2.05) is 6.92 Å². The van der Waals surface area contributed by atoms with Crippen LogP contribution in [0.15, 0.2) is 17.0 Å². The second-order valence-electron chi connectivity index (χ2n) is 4.13. The zero-order valence-electron chi connectivity index (χ0n) is 11.3. The molecule has 0 unspecified atom stereocenters. The number of phenols is 1. The van der Waals surface area contributed by atoms with Gasteiger partial charge < -0.3 is 9.84 Å². The fraction of sp³-hybridized carbons (Fsp3) is 0.500. The van der Waals surface area contributed by atoms with Crippen molar-refractivity contribution in [2.75, 3.05) is 26.8 Å². The number of hydrogen-bond acceptors (Lipinski definition) is 4. The van der Waals surface area contributed by atoms with E-state index in [2.05, 4.69) is 0 Å². The average molecular weight is 342 g/mol. The van der Waals surface area contributed by atoms with Crippen LogP contribution in [0.3, 0.4) is 0 Å². The highest BCUT2D eigenvalue weighted by atomic mass is 35.5. The summed E-state index contributed by atoms with van der Waals surface area (Å²) in [5.41, 5.74) is 0. The molecule has 0 atom stereocenters. The van der Waals surface area contributed by atoms with Gasteiger partial charge in [-0.1, -0.05) is 30.1 Å². The summed E-state index contributed by atoms with van der Waals surface area (Å²) < 4.78 is 31.2. The van der Waals surface area contributed by atoms with Crippen molar-refractivity contribution < 1.29 is 18.3 Å². The van der Waals surface area contributed by atoms with E-state index in [1.165, 1.54) is 23.5 Å². The minimum atomic E-state index is -3.88. The summed E-state index contributed by atoms with van der Waals surface area (Å²) in [5, 5.41) is 9.92. The maximum absolute atomic E-state index is 12.5. The van der Waals surface area contributed by atoms with Gasteiger partial charge in [0.05, 0.1) is 11.6 Å². The number of methoxy groups -OCH3 is 1. The monoisotopic (exact) mass is 341 g/mol. The largest absolute Gasteiger partial charge is 0.505 e. The van der Waals surface area contributed by atoms with Crippen molar-refractivity contribution in [3.05, 3.63) is 22.2 Å². The average Bonchev–Trinajstić information content (AvgIpc) is 2.38. The first-order valence-corrected chi connectivity index (χ1v) is 8.21. The lowest BCUT2D eigenvalue weighted by atomic mass is 10.3. The minimum Gasteiger partial charge on any atom is -0.505 e. The van der Waals surface area contributed by atoms with E-state index in [4.69, 9.17) is 27.9 Å². The first-order chi connectivity index (χ1) is 9.34. The lowest BCUT2D eigenvalue weighted by Gasteiger charge is -2.22. The molecule has 0 saturated carbocycles. The molecule has 0 bridgehead atoms. The Kier molecular flexibility index (Phi) is 6.54. The van der Waals surface area contributed by atoms with Gasteiger partial charge in [0.1, 0.15) is 4.90 Å². The highest BCUT2D eigenvalue weighted by Gasteiger charge is 2.28. The molecule has 0 spiro atoms. The highest BCUT2D eigenvalue weighted by molar-refractivity contribution is 7.89. The van der Waals surface area contributed by atoms with Crippen molar-refractivity contribution >= 4 is 33.2 Å². The lowest BCUT2D eigenvalue weighted by molar-refractivity contribution is 0.179. The summed E-state index contributed by atoms with van der Waals surface area (Å²) in [6.07, 6.45) is 0.637. The Morgan fingerprint density at radius 3 is 2.50 bits per heavy atom. The van der Waals surface area contributed by atoms with Crippen molar-refractivity contribution in [3.63, 3.8) is 0 Å². The van der Waals surface area contributed by atoms with Gasteiger partial charge in [-0.05, 0) is 18.6 Å². The number of aromatic hydroxyl groups is 1. The van der Waals surface area contributed by atoms with Crippen molar-refractivity contribution in [1.82, 2.24) is 4.31 Å². The van der Waals surface area contributed by atoms with E-state index in [0.717, 1.165) is 0 Å². The highest BCUT2D eigenvalue weighted by Crippen LogP contribution is 2.35. The molecule has 0 aliphatic carbocycles. The zero-order chi connectivity index (χ0) is 15.3. The molecular weight excluding hydrogens is 325 g/mol. The maximum Gasteiger partial charge on any atom is 0.246 e. The molecule has 0 heterocycles. The Morgan fingerprint density at radius 1 is 1.30 bits per heavy atom. The van der Waals surface area contributed by atoms with Crippen LogP contribution in [0.25, 0.3) is 0 Å². The van der Waals surface area contributed by atoms with Crippen LogP contribution in [-0.2, 0) is 14.8 Å². The number of halogens is 2. The Balaban J connectivity index is 3.25. The van der Waals surface area contributed by atoms with Gasteiger partial charge in [0, 0.05) is 25.2 Å². The van der Waals surface area contributed by atoms with Gasteiger partial charge >= 0.3 is 0 Å². The summed E-state index contributed by atoms with van der Waals surface area (Å²) in [6.45, 7) is 2.62. The van der Waals surface area contributed by atoms with Crippen molar-refractivity contribution in [2.45, 2.75) is 18.2 Å². The number of benzene rings is 1. The van der Waals surface area contributed by atoms with Crippen LogP contribution in [0.5, 0.6) is 5.75 Å². The number of phenolic OH excluding ortho intramolecular Hbond substituents is 1. The third-order valence-corrected chi connectivity index (χ3v) is 5.05. The number of rotatable bonds is 7. The minimum absolute atomic E-state index is 0.0979. The van der Waals surface area contributed by atoms with Crippen LogP contribution >= 0.6 is 23.2 Å². The second kappa shape index (κ2) is 7.47. The van der Waals surface area contributed by atoms with Gasteiger partial charge in [0.15, 0.2) is 5.75 Å². The van der Waals surface area contributed by atoms with Gasteiger partial charge in [-0.2, -0.15) is 4.31 Å². The van der Waals surface area contributed by atoms with Gasteiger partial charge in [0.25, 0.3) is 0 Å². The van der Waals surface area contributed by atoms with Crippen molar-refractivity contribution in [3.8, 4) is 5.75 Å². The molecule has 0 aliphatic rings. The first-order valence-electron chi connectivity index (χ1n) is 6.01. The molecule has 0 amide bonds. The van der Waals surface area contributed by atoms with Gasteiger partial charge in [0.2, 0.25) is 10.0 Å². The van der Waals surface area contributed by atoms with E-state index < -0.39 is 15.8 Å². The van der Waals surface area contributed by atoms with E-state index >= 15 is 0 Å². The van der Waals surface area contributed by atoms with E-state index in [1.54, 1.807) is 0 Å². The third kappa shape index (κ3) is 3.99. The molecule has 1 aromatic rings. The molecule has 1 aromatic carbocycles. The van der Waals surface area contributed by atoms with E-state index in [0.29, 0.717) is 13.0 Å². The summed E-state index contributed by atoms with van der Waals surface area (Å²) >= 11 is 11.6. The second-order valence-corrected chi connectivity index (χ2v) is 6.88. The van der Waals surface area contributed by atoms with Crippen LogP contribution in [0.1, 0.15) is 13.3 Å². The smallest absolute Gasteiger partial charge is 0.246 e. The standard InChI is InChI=1S/C12H17Cl2NO4S/c1-3-4-15(5-6-19-2)20(17,18)11-8-9(13)7-10(14)12(11)16/h7-8,16H,3-6H2,1-2H3. The molecule has 0 radical (unpaired) electrons. The molecule has 20 heavy (non-hydrogen) atoms. The normalized spacial score (nSPS) is 12.1. The zero-order valence-corrected chi connectivity index (χ0v) is 13.6. The molecule has 1 rings (SSSR count). The van der Waals surface area contributed by atoms with Gasteiger partial charge in [-0.3, -0.25) is 0 Å². The van der Waals surface area contributed by atoms with E-state index in [9.17, 15) is 13.5 Å². The Bertz CT molecular complexity index is 563. The molecule has 8 heteroatoms. The quantitative estimate of drug-likeness (QED) is 0.827. The molecule has 0 fully saturated rings. The van der Waals surface area contributed by atoms with Crippen LogP contribution in [-0.4, -0.2) is 44.6 Å². The first kappa shape index (κ1) is 17.5. The molecule has 0 aromatic heterocycles. The summed E-state index contributed by atoms with van der Waals surface area (Å²) in [4.78, 5) is -0.292. The fourth-order valence-electron chi connectivity index (χ4n) is 1.67. The Morgan fingerprint density at radius 2 is 1.95 bits per heavy atom. The van der Waals surface area contributed by atoms with Crippen LogP contribution < -0.4 is 0 Å². The molecule has 5 nitrogen and oxygen atoms in total. The molecular formula is C12H17Cl2NO4S. The molecule has 1 N–H and O–H groups in total. The van der Waals surface area contributed by atoms with Crippen LogP contribution in [0, 0.1) is 0 Å². The van der Waals surface area contributed by atoms with E-state index in [-0.39, 0.29) is 28.1 Å². The predicted molar refractivity (Wildman–Crippen MR) is 79.1 cm³/mol. The lowest BCUT2D eigenvalue weighted by Crippen LogP contribution is -2.34. The van der Waals surface area contributed by atoms with Crippen molar-refractivity contribution in [1.29, 1.82) is 0 Å². The SMILES string of the molecule is CCCN(CCOC)S(=O)(=O)c1cc(Cl)cc(Cl)c1O. The fourth-order valence-corrected chi connectivity index (χ4v) is 3.93. The number of sulfonamides is 1. The third-order valence-electron chi connectivity index (χ3n) is 2.63. The Labute approximate surface area is 129 Å². The Hall–Kier alpha value is -0.530. The van der Waals surface area contributed by atoms with Gasteiger partial charge in [-0.25, -0.2) is 8.42 Å². The maximum atomic E-state index is 12.5. The molecule has 0 saturated heterocycles. The number of ether oxygens (including phenoxy) is 1. The molecule has 0 aliphatic heterocycles. The van der Waals surface area contributed by atoms with Crippen LogP contribution in [0.2, 0.25) is 10.0 Å². The van der Waals surface area contributed by atoms with Gasteiger partial charge in [-0.15, -0.1) is 0 Å². The number of nitrogens with zero attached hydrogens (tertiary/aromatic N) is 1. The number of hydrogen-bond donors (Lipinski definition) is 1. The summed E-state index contributed by atoms with van der Waals surface area (Å²) in [5.74, 6) is -0.491. The van der Waals surface area contributed by atoms with Crippen molar-refractivity contribution in [2.24, 2.45) is 0 Å². The predicted octanol–water partition coefficient (Wildman–Crippen LogP) is 2.75. The molecule has 114 valence electrons. The summed E-state index contributed by atoms with van der Waals surface area (Å²) in [7, 11) is -2.39. The van der Waals surface area contributed by atoms with Crippen LogP contribution in [0.4, 0.5) is 0 Å². The topological polar surface area (TPSA) is 66.8 Å².